The van der Waals surface area contributed by atoms with Crippen molar-refractivity contribution >= 4 is 120 Å². The number of anilines is 3. The number of nitrogens with zero attached hydrogens (tertiary/aromatic N) is 2. The molecule has 0 spiro atoms. The van der Waals surface area contributed by atoms with E-state index in [0.717, 1.165) is 11.3 Å². The van der Waals surface area contributed by atoms with Gasteiger partial charge in [0.15, 0.2) is 5.71 Å². The van der Waals surface area contributed by atoms with Crippen LogP contribution in [0.3, 0.4) is 0 Å². The molecule has 6 aromatic carbocycles. The largest absolute Gasteiger partial charge is 0.441 e. The third-order valence-electron chi connectivity index (χ3n) is 13.6. The van der Waals surface area contributed by atoms with Crippen LogP contribution in [0.25, 0.3) is 74.4 Å². The second kappa shape index (κ2) is 10.1. The van der Waals surface area contributed by atoms with E-state index in [1.165, 1.54) is 120 Å². The Labute approximate surface area is 327 Å². The first kappa shape index (κ1) is 31.0. The average molecular weight is 745 g/mol. The molecule has 6 heteroatoms. The molecule has 4 aromatic heterocycles. The van der Waals surface area contributed by atoms with Crippen LogP contribution in [0.5, 0.6) is 0 Å². The molecule has 0 radical (unpaired) electrons. The van der Waals surface area contributed by atoms with Crippen molar-refractivity contribution < 1.29 is 4.42 Å². The highest BCUT2D eigenvalue weighted by Crippen LogP contribution is 2.55. The Morgan fingerprint density at radius 3 is 2.11 bits per heavy atom. The molecule has 1 aliphatic carbocycles. The molecule has 0 saturated carbocycles. The Hall–Kier alpha value is -5.30. The number of para-hydroxylation sites is 2. The van der Waals surface area contributed by atoms with Gasteiger partial charge in [-0.1, -0.05) is 107 Å². The molecule has 3 aliphatic rings. The van der Waals surface area contributed by atoms with Gasteiger partial charge in [0.25, 0.3) is 0 Å². The normalized spacial score (nSPS) is 16.5. The van der Waals surface area contributed by atoms with Crippen LogP contribution in [0.15, 0.2) is 114 Å². The Kier molecular flexibility index (Phi) is 5.69. The van der Waals surface area contributed by atoms with Crippen molar-refractivity contribution in [2.45, 2.75) is 58.3 Å². The van der Waals surface area contributed by atoms with E-state index in [1.807, 2.05) is 22.7 Å². The van der Waals surface area contributed by atoms with E-state index in [1.54, 1.807) is 0 Å². The lowest BCUT2D eigenvalue weighted by Gasteiger charge is -2.44. The van der Waals surface area contributed by atoms with Crippen molar-refractivity contribution in [1.82, 2.24) is 4.48 Å². The SMILES string of the molecule is Cc1cc2c(cc1N1c3cc4c(sc5ccccc54)c4c3B(c3c1sc1ccccc31)n1c3oc5ccccc5c3c3cccc-4c31)C(C)(C)CCC2(C)C. The van der Waals surface area contributed by atoms with Gasteiger partial charge in [0, 0.05) is 58.0 Å². The number of aromatic nitrogens is 1. The van der Waals surface area contributed by atoms with Gasteiger partial charge in [0.1, 0.15) is 5.58 Å². The van der Waals surface area contributed by atoms with E-state index in [-0.39, 0.29) is 17.7 Å². The average Bonchev–Trinajstić information content (AvgIpc) is 3.94. The molecule has 3 nitrogen and oxygen atoms in total. The number of rotatable bonds is 1. The van der Waals surface area contributed by atoms with Gasteiger partial charge in [-0.05, 0) is 93.9 Å². The lowest BCUT2D eigenvalue weighted by molar-refractivity contribution is 0.332. The van der Waals surface area contributed by atoms with Crippen LogP contribution in [-0.2, 0) is 10.8 Å². The fourth-order valence-corrected chi connectivity index (χ4v) is 13.3. The van der Waals surface area contributed by atoms with Crippen molar-refractivity contribution in [3.8, 4) is 11.1 Å². The maximum absolute atomic E-state index is 6.99. The minimum absolute atomic E-state index is 0.0641. The summed E-state index contributed by atoms with van der Waals surface area (Å²) in [6.45, 7) is 12.1. The summed E-state index contributed by atoms with van der Waals surface area (Å²) in [5.41, 5.74) is 15.7. The topological polar surface area (TPSA) is 21.3 Å². The van der Waals surface area contributed by atoms with Crippen molar-refractivity contribution in [3.63, 3.8) is 0 Å². The minimum atomic E-state index is -0.0641. The van der Waals surface area contributed by atoms with Gasteiger partial charge < -0.3 is 13.8 Å². The molecule has 0 N–H and O–H groups in total. The Morgan fingerprint density at radius 1 is 0.636 bits per heavy atom. The third-order valence-corrected chi connectivity index (χ3v) is 15.9. The van der Waals surface area contributed by atoms with Crippen LogP contribution in [0.2, 0.25) is 0 Å². The summed E-state index contributed by atoms with van der Waals surface area (Å²) in [7, 11) is 0. The zero-order valence-corrected chi connectivity index (χ0v) is 33.1. The number of benzene rings is 6. The summed E-state index contributed by atoms with van der Waals surface area (Å²) in [5.74, 6) is 0. The molecule has 0 bridgehead atoms. The Bertz CT molecular complexity index is 3370. The van der Waals surface area contributed by atoms with Gasteiger partial charge in [-0.15, -0.1) is 22.7 Å². The second-order valence-electron chi connectivity index (χ2n) is 17.5. The Balaban J connectivity index is 1.25. The first-order valence-electron chi connectivity index (χ1n) is 19.6. The van der Waals surface area contributed by atoms with Gasteiger partial charge in [0.05, 0.1) is 16.1 Å². The van der Waals surface area contributed by atoms with Crippen molar-refractivity contribution in [2.24, 2.45) is 0 Å². The maximum Gasteiger partial charge on any atom is 0.337 e. The molecule has 2 aliphatic heterocycles. The van der Waals surface area contributed by atoms with E-state index in [0.29, 0.717) is 0 Å². The summed E-state index contributed by atoms with van der Waals surface area (Å²) in [4.78, 5) is 2.68. The summed E-state index contributed by atoms with van der Waals surface area (Å²) in [6, 6.07) is 41.3. The van der Waals surface area contributed by atoms with Crippen LogP contribution in [0, 0.1) is 6.92 Å². The summed E-state index contributed by atoms with van der Waals surface area (Å²) in [6.07, 6.45) is 2.38. The zero-order valence-electron chi connectivity index (χ0n) is 31.5. The molecule has 0 unspecified atom stereocenters. The number of hydrogen-bond acceptors (Lipinski definition) is 4. The van der Waals surface area contributed by atoms with Crippen LogP contribution in [0.1, 0.15) is 57.2 Å². The van der Waals surface area contributed by atoms with Gasteiger partial charge in [-0.2, -0.15) is 0 Å². The minimum Gasteiger partial charge on any atom is -0.441 e. The predicted octanol–water partition coefficient (Wildman–Crippen LogP) is 13.2. The standard InChI is InChI=1S/C49H37BN2OS2/c1-26-23-33-34(49(4,5)22-21-48(33,2)3)25-35(26)51-36-24-32-27-13-7-10-19-38(27)54-45(32)41-31-17-12-16-30-40-28-14-6-9-18-37(28)53-46(40)52(44(30)31)50(43(36)41)42-29-15-8-11-20-39(29)55-47(42)51/h6-20,23-25H,21-22H2,1-5H3. The third kappa shape index (κ3) is 3.73. The first-order valence-corrected chi connectivity index (χ1v) is 21.2. The van der Waals surface area contributed by atoms with E-state index in [4.69, 9.17) is 4.42 Å². The quantitative estimate of drug-likeness (QED) is 0.156. The molecule has 0 saturated heterocycles. The van der Waals surface area contributed by atoms with Gasteiger partial charge in [-0.3, -0.25) is 0 Å². The van der Waals surface area contributed by atoms with Crippen LogP contribution in [-0.4, -0.2) is 11.3 Å². The highest BCUT2D eigenvalue weighted by molar-refractivity contribution is 7.27. The van der Waals surface area contributed by atoms with Gasteiger partial charge in [-0.25, -0.2) is 0 Å². The van der Waals surface area contributed by atoms with E-state index >= 15 is 0 Å². The van der Waals surface area contributed by atoms with Gasteiger partial charge in [0.2, 0.25) is 0 Å². The molecule has 0 fully saturated rings. The number of furan rings is 1. The summed E-state index contributed by atoms with van der Waals surface area (Å²) in [5, 5.41) is 8.97. The Morgan fingerprint density at radius 2 is 1.31 bits per heavy atom. The highest BCUT2D eigenvalue weighted by Gasteiger charge is 2.47. The smallest absolute Gasteiger partial charge is 0.337 e. The van der Waals surface area contributed by atoms with E-state index in [9.17, 15) is 0 Å². The van der Waals surface area contributed by atoms with Crippen LogP contribution in [0.4, 0.5) is 16.4 Å². The molecule has 0 amide bonds. The zero-order chi connectivity index (χ0) is 36.7. The fraction of sp³-hybridized carbons (Fsp3) is 0.184. The number of fused-ring (bicyclic) bond motifs is 16. The first-order chi connectivity index (χ1) is 26.7. The summed E-state index contributed by atoms with van der Waals surface area (Å²) < 4.78 is 13.6. The second-order valence-corrected chi connectivity index (χ2v) is 19.6. The van der Waals surface area contributed by atoms with Gasteiger partial charge >= 0.3 is 6.85 Å². The fourth-order valence-electron chi connectivity index (χ4n) is 10.8. The van der Waals surface area contributed by atoms with E-state index < -0.39 is 0 Å². The van der Waals surface area contributed by atoms with E-state index in [2.05, 4.69) is 153 Å². The lowest BCUT2D eigenvalue weighted by Crippen LogP contribution is -2.56. The molecule has 6 heterocycles. The maximum atomic E-state index is 6.99. The molecular weight excluding hydrogens is 707 g/mol. The lowest BCUT2D eigenvalue weighted by atomic mass is 9.45. The molecular formula is C49H37BN2OS2. The molecule has 0 atom stereocenters. The molecule has 55 heavy (non-hydrogen) atoms. The summed E-state index contributed by atoms with van der Waals surface area (Å²) >= 11 is 3.89. The van der Waals surface area contributed by atoms with Crippen LogP contribution >= 0.6 is 22.7 Å². The highest BCUT2D eigenvalue weighted by atomic mass is 32.1. The number of thiophene rings is 2. The van der Waals surface area contributed by atoms with Crippen molar-refractivity contribution in [2.75, 3.05) is 4.90 Å². The monoisotopic (exact) mass is 744 g/mol. The molecule has 10 aromatic rings. The predicted molar refractivity (Wildman–Crippen MR) is 238 cm³/mol. The number of aryl methyl sites for hydroxylation is 1. The molecule has 264 valence electrons. The van der Waals surface area contributed by atoms with Crippen molar-refractivity contribution in [3.05, 3.63) is 126 Å². The number of hydrogen-bond donors (Lipinski definition) is 0. The van der Waals surface area contributed by atoms with Crippen LogP contribution < -0.4 is 15.8 Å². The molecule has 13 rings (SSSR count). The van der Waals surface area contributed by atoms with Crippen molar-refractivity contribution in [1.29, 1.82) is 0 Å².